The number of nitrogens with zero attached hydrogens (tertiary/aromatic N) is 2. The second kappa shape index (κ2) is 9.64. The third-order valence-corrected chi connectivity index (χ3v) is 5.92. The number of amides is 1. The van der Waals surface area contributed by atoms with Gasteiger partial charge in [0.25, 0.3) is 5.91 Å². The molecule has 0 spiro atoms. The van der Waals surface area contributed by atoms with Crippen LogP contribution in [-0.2, 0) is 11.3 Å². The molecule has 1 heterocycles. The van der Waals surface area contributed by atoms with Crippen molar-refractivity contribution in [2.24, 2.45) is 0 Å². The Kier molecular flexibility index (Phi) is 6.48. The van der Waals surface area contributed by atoms with Crippen LogP contribution in [0.1, 0.15) is 16.8 Å². The summed E-state index contributed by atoms with van der Waals surface area (Å²) in [5.74, 6) is 0.141. The molecule has 1 amide bonds. The number of nitriles is 1. The Morgan fingerprint density at radius 1 is 1.12 bits per heavy atom. The van der Waals surface area contributed by atoms with Crippen molar-refractivity contribution in [1.82, 2.24) is 4.57 Å². The summed E-state index contributed by atoms with van der Waals surface area (Å²) in [4.78, 5) is 12.9. The molecule has 5 nitrogen and oxygen atoms in total. The minimum absolute atomic E-state index is 0.0153. The first-order valence-corrected chi connectivity index (χ1v) is 10.8. The van der Waals surface area contributed by atoms with Crippen LogP contribution in [0, 0.1) is 18.3 Å². The summed E-state index contributed by atoms with van der Waals surface area (Å²) in [7, 11) is 1.56. The molecule has 0 unspecified atom stereocenters. The van der Waals surface area contributed by atoms with Gasteiger partial charge in [0.1, 0.15) is 17.4 Å². The molecule has 0 saturated carbocycles. The highest BCUT2D eigenvalue weighted by molar-refractivity contribution is 6.31. The van der Waals surface area contributed by atoms with E-state index in [9.17, 15) is 10.1 Å². The van der Waals surface area contributed by atoms with Gasteiger partial charge >= 0.3 is 0 Å². The molecule has 1 aromatic heterocycles. The summed E-state index contributed by atoms with van der Waals surface area (Å²) in [5.41, 5.74) is 4.34. The zero-order chi connectivity index (χ0) is 23.4. The summed E-state index contributed by atoms with van der Waals surface area (Å²) in [6.07, 6.45) is 1.65. The van der Waals surface area contributed by atoms with Crippen molar-refractivity contribution in [3.63, 3.8) is 0 Å². The van der Waals surface area contributed by atoms with Gasteiger partial charge in [-0.05, 0) is 42.8 Å². The number of aromatic nitrogens is 1. The van der Waals surface area contributed by atoms with Crippen LogP contribution in [0.3, 0.4) is 0 Å². The van der Waals surface area contributed by atoms with Crippen LogP contribution in [0.4, 0.5) is 5.69 Å². The summed E-state index contributed by atoms with van der Waals surface area (Å²) >= 11 is 6.40. The Morgan fingerprint density at radius 2 is 1.88 bits per heavy atom. The fourth-order valence-corrected chi connectivity index (χ4v) is 4.03. The zero-order valence-electron chi connectivity index (χ0n) is 18.3. The zero-order valence-corrected chi connectivity index (χ0v) is 19.1. The third kappa shape index (κ3) is 4.62. The number of methoxy groups -OCH3 is 1. The number of fused-ring (bicyclic) bond motifs is 1. The van der Waals surface area contributed by atoms with E-state index in [2.05, 4.69) is 9.88 Å². The molecule has 0 fully saturated rings. The van der Waals surface area contributed by atoms with E-state index < -0.39 is 5.91 Å². The predicted octanol–water partition coefficient (Wildman–Crippen LogP) is 6.21. The van der Waals surface area contributed by atoms with Crippen molar-refractivity contribution >= 4 is 40.2 Å². The number of benzene rings is 3. The Hall–Kier alpha value is -4.01. The van der Waals surface area contributed by atoms with Crippen LogP contribution in [0.15, 0.2) is 78.4 Å². The standard InChI is InChI=1S/C27H22ClN3O2/c1-18-24(14-20(16-29)27(32)30-21-9-7-10-22(15-21)33-2)23-11-4-6-13-26(23)31(18)17-19-8-3-5-12-25(19)28/h3-15H,17H2,1-2H3,(H,30,32)/b20-14+. The summed E-state index contributed by atoms with van der Waals surface area (Å²) in [5, 5.41) is 14.2. The first kappa shape index (κ1) is 22.2. The van der Waals surface area contributed by atoms with Crippen molar-refractivity contribution in [3.05, 3.63) is 100 Å². The van der Waals surface area contributed by atoms with Gasteiger partial charge in [-0.3, -0.25) is 4.79 Å². The van der Waals surface area contributed by atoms with Gasteiger partial charge in [-0.25, -0.2) is 0 Å². The molecule has 1 N–H and O–H groups in total. The molecule has 6 heteroatoms. The Labute approximate surface area is 197 Å². The van der Waals surface area contributed by atoms with Crippen molar-refractivity contribution in [1.29, 1.82) is 5.26 Å². The average Bonchev–Trinajstić information content (AvgIpc) is 3.09. The van der Waals surface area contributed by atoms with Gasteiger partial charge in [0, 0.05) is 45.5 Å². The monoisotopic (exact) mass is 455 g/mol. The van der Waals surface area contributed by atoms with Gasteiger partial charge in [-0.2, -0.15) is 5.26 Å². The lowest BCUT2D eigenvalue weighted by Crippen LogP contribution is -2.13. The molecule has 4 aromatic rings. The molecule has 0 aliphatic heterocycles. The maximum absolute atomic E-state index is 12.9. The fraction of sp³-hybridized carbons (Fsp3) is 0.111. The highest BCUT2D eigenvalue weighted by Crippen LogP contribution is 2.30. The fourth-order valence-electron chi connectivity index (χ4n) is 3.83. The summed E-state index contributed by atoms with van der Waals surface area (Å²) in [6, 6.07) is 24.7. The van der Waals surface area contributed by atoms with E-state index in [1.165, 1.54) is 0 Å². The molecule has 0 atom stereocenters. The van der Waals surface area contributed by atoms with E-state index in [0.717, 1.165) is 27.7 Å². The number of ether oxygens (including phenoxy) is 1. The molecule has 3 aromatic carbocycles. The lowest BCUT2D eigenvalue weighted by molar-refractivity contribution is -0.112. The Morgan fingerprint density at radius 3 is 2.64 bits per heavy atom. The van der Waals surface area contributed by atoms with E-state index in [0.29, 0.717) is 23.0 Å². The van der Waals surface area contributed by atoms with Crippen molar-refractivity contribution < 1.29 is 9.53 Å². The SMILES string of the molecule is COc1cccc(NC(=O)/C(C#N)=C/c2c(C)n(Cc3ccccc3Cl)c3ccccc23)c1. The van der Waals surface area contributed by atoms with Gasteiger partial charge in [0.05, 0.1) is 7.11 Å². The molecule has 33 heavy (non-hydrogen) atoms. The average molecular weight is 456 g/mol. The van der Waals surface area contributed by atoms with Crippen molar-refractivity contribution in [2.75, 3.05) is 12.4 Å². The highest BCUT2D eigenvalue weighted by atomic mass is 35.5. The van der Waals surface area contributed by atoms with E-state index in [-0.39, 0.29) is 5.57 Å². The van der Waals surface area contributed by atoms with E-state index in [1.54, 1.807) is 37.5 Å². The second-order valence-corrected chi connectivity index (χ2v) is 7.96. The molecule has 0 aliphatic carbocycles. The van der Waals surface area contributed by atoms with Crippen LogP contribution in [0.5, 0.6) is 5.75 Å². The normalized spacial score (nSPS) is 11.3. The molecule has 0 saturated heterocycles. The largest absolute Gasteiger partial charge is 0.497 e. The van der Waals surface area contributed by atoms with E-state index in [4.69, 9.17) is 16.3 Å². The van der Waals surface area contributed by atoms with Crippen molar-refractivity contribution in [3.8, 4) is 11.8 Å². The van der Waals surface area contributed by atoms with Crippen molar-refractivity contribution in [2.45, 2.75) is 13.5 Å². The smallest absolute Gasteiger partial charge is 0.266 e. The second-order valence-electron chi connectivity index (χ2n) is 7.55. The van der Waals surface area contributed by atoms with Gasteiger partial charge in [0.15, 0.2) is 0 Å². The minimum Gasteiger partial charge on any atom is -0.497 e. The third-order valence-electron chi connectivity index (χ3n) is 5.55. The minimum atomic E-state index is -0.479. The number of carbonyl (C=O) groups excluding carboxylic acids is 1. The highest BCUT2D eigenvalue weighted by Gasteiger charge is 2.17. The first-order valence-electron chi connectivity index (χ1n) is 10.4. The lowest BCUT2D eigenvalue weighted by atomic mass is 10.1. The first-order chi connectivity index (χ1) is 16.0. The number of halogens is 1. The molecular weight excluding hydrogens is 434 g/mol. The predicted molar refractivity (Wildman–Crippen MR) is 132 cm³/mol. The maximum atomic E-state index is 12.9. The number of anilines is 1. The van der Waals surface area contributed by atoms with Crippen LogP contribution >= 0.6 is 11.6 Å². The number of rotatable bonds is 6. The number of carbonyl (C=O) groups is 1. The van der Waals surface area contributed by atoms with Crippen LogP contribution in [0.25, 0.3) is 17.0 Å². The number of hydrogen-bond acceptors (Lipinski definition) is 3. The van der Waals surface area contributed by atoms with Crippen LogP contribution in [-0.4, -0.2) is 17.6 Å². The van der Waals surface area contributed by atoms with Gasteiger partial charge in [-0.1, -0.05) is 54.1 Å². The molecule has 0 aliphatic rings. The molecule has 4 rings (SSSR count). The summed E-state index contributed by atoms with van der Waals surface area (Å²) in [6.45, 7) is 2.56. The Balaban J connectivity index is 1.74. The number of para-hydroxylation sites is 1. The number of hydrogen-bond donors (Lipinski definition) is 1. The quantitative estimate of drug-likeness (QED) is 0.278. The van der Waals surface area contributed by atoms with Crippen LogP contribution < -0.4 is 10.1 Å². The number of nitrogens with one attached hydrogen (secondary N) is 1. The lowest BCUT2D eigenvalue weighted by Gasteiger charge is -2.10. The topological polar surface area (TPSA) is 67.0 Å². The van der Waals surface area contributed by atoms with Gasteiger partial charge in [-0.15, -0.1) is 0 Å². The Bertz CT molecular complexity index is 1410. The van der Waals surface area contributed by atoms with E-state index in [1.807, 2.05) is 61.5 Å². The van der Waals surface area contributed by atoms with Gasteiger partial charge < -0.3 is 14.6 Å². The van der Waals surface area contributed by atoms with Crippen LogP contribution in [0.2, 0.25) is 5.02 Å². The molecule has 164 valence electrons. The maximum Gasteiger partial charge on any atom is 0.266 e. The molecule has 0 radical (unpaired) electrons. The molecular formula is C27H22ClN3O2. The van der Waals surface area contributed by atoms with E-state index >= 15 is 0 Å². The van der Waals surface area contributed by atoms with Gasteiger partial charge in [0.2, 0.25) is 0 Å². The summed E-state index contributed by atoms with van der Waals surface area (Å²) < 4.78 is 7.35. The molecule has 0 bridgehead atoms.